The van der Waals surface area contributed by atoms with Gasteiger partial charge in [0.25, 0.3) is 0 Å². The summed E-state index contributed by atoms with van der Waals surface area (Å²) in [6.45, 7) is 2.16. The van der Waals surface area contributed by atoms with Gasteiger partial charge in [-0.2, -0.15) is 0 Å². The van der Waals surface area contributed by atoms with E-state index in [4.69, 9.17) is 11.6 Å². The summed E-state index contributed by atoms with van der Waals surface area (Å²) in [4.78, 5) is 1.31. The van der Waals surface area contributed by atoms with Crippen LogP contribution in [-0.2, 0) is 5.88 Å². The second-order valence-electron chi connectivity index (χ2n) is 3.15. The van der Waals surface area contributed by atoms with Crippen LogP contribution >= 0.6 is 34.7 Å². The number of benzene rings is 1. The van der Waals surface area contributed by atoms with Gasteiger partial charge in [0.05, 0.1) is 0 Å². The predicted octanol–water partition coefficient (Wildman–Crippen LogP) is 4.67. The number of hydrogen-bond acceptors (Lipinski definition) is 2. The second kappa shape index (κ2) is 4.13. The largest absolute Gasteiger partial charge is 0.144 e. The Balaban J connectivity index is 2.79. The minimum atomic E-state index is 0.605. The molecule has 0 spiro atoms. The molecule has 0 N–H and O–H groups in total. The van der Waals surface area contributed by atoms with Gasteiger partial charge in [0.15, 0.2) is 0 Å². The van der Waals surface area contributed by atoms with Gasteiger partial charge < -0.3 is 0 Å². The Kier molecular flexibility index (Phi) is 3.05. The lowest BCUT2D eigenvalue weighted by Crippen LogP contribution is -1.89. The van der Waals surface area contributed by atoms with Crippen molar-refractivity contribution in [2.45, 2.75) is 17.7 Å². The summed E-state index contributed by atoms with van der Waals surface area (Å²) in [6.07, 6.45) is 2.10. The Morgan fingerprint density at radius 3 is 2.93 bits per heavy atom. The molecule has 1 heterocycles. The van der Waals surface area contributed by atoms with Crippen LogP contribution in [0.2, 0.25) is 0 Å². The maximum atomic E-state index is 5.97. The molecule has 0 amide bonds. The summed E-state index contributed by atoms with van der Waals surface area (Å²) in [7, 11) is 0. The molecule has 0 aliphatic rings. The molecular formula is C11H11ClS2. The lowest BCUT2D eigenvalue weighted by atomic mass is 10.1. The van der Waals surface area contributed by atoms with Gasteiger partial charge in [-0.1, -0.05) is 0 Å². The van der Waals surface area contributed by atoms with Crippen molar-refractivity contribution in [1.29, 1.82) is 0 Å². The number of halogens is 1. The van der Waals surface area contributed by atoms with Gasteiger partial charge in [-0.3, -0.25) is 0 Å². The number of thiophene rings is 1. The number of aryl methyl sites for hydroxylation is 1. The van der Waals surface area contributed by atoms with E-state index < -0.39 is 0 Å². The molecule has 0 aliphatic heterocycles. The zero-order chi connectivity index (χ0) is 10.1. The second-order valence-corrected chi connectivity index (χ2v) is 5.21. The minimum absolute atomic E-state index is 0.605. The number of hydrogen-bond donors (Lipinski definition) is 0. The van der Waals surface area contributed by atoms with E-state index in [1.807, 2.05) is 0 Å². The SMILES string of the molecule is CSc1cc2sccc2c(C)c1CCl. The molecule has 14 heavy (non-hydrogen) atoms. The van der Waals surface area contributed by atoms with E-state index in [0.717, 1.165) is 0 Å². The highest BCUT2D eigenvalue weighted by Gasteiger charge is 2.09. The normalized spacial score (nSPS) is 11.1. The van der Waals surface area contributed by atoms with Crippen LogP contribution in [0.3, 0.4) is 0 Å². The first-order chi connectivity index (χ1) is 6.77. The van der Waals surface area contributed by atoms with E-state index in [-0.39, 0.29) is 0 Å². The summed E-state index contributed by atoms with van der Waals surface area (Å²) in [5.41, 5.74) is 2.62. The minimum Gasteiger partial charge on any atom is -0.144 e. The van der Waals surface area contributed by atoms with Crippen molar-refractivity contribution in [3.63, 3.8) is 0 Å². The summed E-state index contributed by atoms with van der Waals surface area (Å²) >= 11 is 9.54. The average Bonchev–Trinajstić information content (AvgIpc) is 2.65. The van der Waals surface area contributed by atoms with Crippen LogP contribution < -0.4 is 0 Å². The molecule has 0 saturated carbocycles. The zero-order valence-electron chi connectivity index (χ0n) is 8.13. The van der Waals surface area contributed by atoms with Gasteiger partial charge in [-0.05, 0) is 47.2 Å². The highest BCUT2D eigenvalue weighted by molar-refractivity contribution is 7.98. The fourth-order valence-electron chi connectivity index (χ4n) is 1.64. The van der Waals surface area contributed by atoms with Crippen LogP contribution in [0.5, 0.6) is 0 Å². The van der Waals surface area contributed by atoms with Crippen molar-refractivity contribution in [2.75, 3.05) is 6.26 Å². The first-order valence-electron chi connectivity index (χ1n) is 4.37. The van der Waals surface area contributed by atoms with Crippen molar-refractivity contribution < 1.29 is 0 Å². The average molecular weight is 243 g/mol. The molecular weight excluding hydrogens is 232 g/mol. The van der Waals surface area contributed by atoms with Crippen molar-refractivity contribution >= 4 is 44.8 Å². The maximum absolute atomic E-state index is 5.97. The summed E-state index contributed by atoms with van der Waals surface area (Å²) < 4.78 is 1.36. The lowest BCUT2D eigenvalue weighted by molar-refractivity contribution is 1.23. The topological polar surface area (TPSA) is 0 Å². The lowest BCUT2D eigenvalue weighted by Gasteiger charge is -2.09. The quantitative estimate of drug-likeness (QED) is 0.545. The van der Waals surface area contributed by atoms with Crippen molar-refractivity contribution in [1.82, 2.24) is 0 Å². The van der Waals surface area contributed by atoms with Crippen LogP contribution in [0.1, 0.15) is 11.1 Å². The van der Waals surface area contributed by atoms with Gasteiger partial charge in [0.2, 0.25) is 0 Å². The highest BCUT2D eigenvalue weighted by Crippen LogP contribution is 2.34. The van der Waals surface area contributed by atoms with Crippen molar-refractivity contribution in [3.05, 3.63) is 28.6 Å². The van der Waals surface area contributed by atoms with E-state index in [1.54, 1.807) is 23.1 Å². The van der Waals surface area contributed by atoms with Crippen molar-refractivity contribution in [2.24, 2.45) is 0 Å². The first kappa shape index (κ1) is 10.3. The molecule has 0 unspecified atom stereocenters. The molecule has 0 radical (unpaired) electrons. The third-order valence-corrected chi connectivity index (χ3v) is 4.40. The van der Waals surface area contributed by atoms with E-state index in [0.29, 0.717) is 5.88 Å². The standard InChI is InChI=1S/C11H11ClS2/c1-7-8-3-4-14-11(8)5-10(13-2)9(7)6-12/h3-5H,6H2,1-2H3. The Morgan fingerprint density at radius 1 is 1.50 bits per heavy atom. The predicted molar refractivity (Wildman–Crippen MR) is 67.9 cm³/mol. The molecule has 0 saturated heterocycles. The van der Waals surface area contributed by atoms with Crippen LogP contribution in [0.4, 0.5) is 0 Å². The van der Waals surface area contributed by atoms with Gasteiger partial charge in [0, 0.05) is 15.5 Å². The number of rotatable bonds is 2. The Hall–Kier alpha value is -0.180. The van der Waals surface area contributed by atoms with Gasteiger partial charge >= 0.3 is 0 Å². The maximum Gasteiger partial charge on any atom is 0.0488 e. The van der Waals surface area contributed by atoms with E-state index in [2.05, 4.69) is 30.7 Å². The molecule has 3 heteroatoms. The van der Waals surface area contributed by atoms with E-state index in [9.17, 15) is 0 Å². The summed E-state index contributed by atoms with van der Waals surface area (Å²) in [5, 5.41) is 3.49. The Bertz CT molecular complexity index is 460. The van der Waals surface area contributed by atoms with Crippen LogP contribution in [0, 0.1) is 6.92 Å². The number of alkyl halides is 1. The fraction of sp³-hybridized carbons (Fsp3) is 0.273. The molecule has 74 valence electrons. The Labute approximate surface area is 97.3 Å². The number of fused-ring (bicyclic) bond motifs is 1. The first-order valence-corrected chi connectivity index (χ1v) is 7.01. The molecule has 2 rings (SSSR count). The summed E-state index contributed by atoms with van der Waals surface area (Å²) in [6, 6.07) is 4.42. The van der Waals surface area contributed by atoms with Crippen LogP contribution in [0.15, 0.2) is 22.4 Å². The molecule has 0 aliphatic carbocycles. The van der Waals surface area contributed by atoms with E-state index >= 15 is 0 Å². The van der Waals surface area contributed by atoms with Crippen molar-refractivity contribution in [3.8, 4) is 0 Å². The fourth-order valence-corrected chi connectivity index (χ4v) is 3.73. The molecule has 1 aromatic heterocycles. The number of thioether (sulfide) groups is 1. The van der Waals surface area contributed by atoms with Gasteiger partial charge in [-0.25, -0.2) is 0 Å². The summed E-state index contributed by atoms with van der Waals surface area (Å²) in [5.74, 6) is 0.605. The molecule has 1 aromatic carbocycles. The van der Waals surface area contributed by atoms with Gasteiger partial charge in [0.1, 0.15) is 0 Å². The third-order valence-electron chi connectivity index (χ3n) is 2.47. The zero-order valence-corrected chi connectivity index (χ0v) is 10.5. The van der Waals surface area contributed by atoms with Crippen LogP contribution in [-0.4, -0.2) is 6.26 Å². The highest BCUT2D eigenvalue weighted by atomic mass is 35.5. The molecule has 0 nitrogen and oxygen atoms in total. The molecule has 0 bridgehead atoms. The molecule has 0 fully saturated rings. The Morgan fingerprint density at radius 2 is 2.29 bits per heavy atom. The van der Waals surface area contributed by atoms with Crippen LogP contribution in [0.25, 0.3) is 10.1 Å². The molecule has 2 aromatic rings. The molecule has 0 atom stereocenters. The monoisotopic (exact) mass is 242 g/mol. The van der Waals surface area contributed by atoms with Gasteiger partial charge in [-0.15, -0.1) is 34.7 Å². The third kappa shape index (κ3) is 1.56. The smallest absolute Gasteiger partial charge is 0.0488 e. The van der Waals surface area contributed by atoms with E-state index in [1.165, 1.54) is 26.1 Å².